The quantitative estimate of drug-likeness (QED) is 0.707. The molecule has 88 valence electrons. The molecule has 2 aliphatic heterocycles. The zero-order valence-electron chi connectivity index (χ0n) is 9.78. The first-order valence-electron chi connectivity index (χ1n) is 6.21. The van der Waals surface area contributed by atoms with E-state index in [0.717, 1.165) is 25.7 Å². The van der Waals surface area contributed by atoms with Gasteiger partial charge >= 0.3 is 0 Å². The van der Waals surface area contributed by atoms with Gasteiger partial charge in [-0.2, -0.15) is 0 Å². The van der Waals surface area contributed by atoms with Crippen LogP contribution in [0.15, 0.2) is 0 Å². The van der Waals surface area contributed by atoms with Crippen molar-refractivity contribution in [1.29, 1.82) is 0 Å². The Hall–Kier alpha value is -0.120. The summed E-state index contributed by atoms with van der Waals surface area (Å²) in [7, 11) is 1.81. The fourth-order valence-electron chi connectivity index (χ4n) is 2.78. The Morgan fingerprint density at radius 1 is 1.27 bits per heavy atom. The van der Waals surface area contributed by atoms with Crippen molar-refractivity contribution in [1.82, 2.24) is 4.90 Å². The van der Waals surface area contributed by atoms with Crippen molar-refractivity contribution >= 4 is 0 Å². The highest BCUT2D eigenvalue weighted by atomic mass is 16.5. The molecule has 0 saturated carbocycles. The Balaban J connectivity index is 1.76. The summed E-state index contributed by atoms with van der Waals surface area (Å²) in [4.78, 5) is 2.62. The second-order valence-corrected chi connectivity index (χ2v) is 4.80. The van der Waals surface area contributed by atoms with E-state index in [4.69, 9.17) is 9.47 Å². The molecule has 2 fully saturated rings. The molecule has 0 bridgehead atoms. The smallest absolute Gasteiger partial charge is 0.0618 e. The SMILES string of the molecule is COC[C@@H]1CCCN1CC1CCOCC1. The minimum atomic E-state index is 0.679. The molecule has 3 heteroatoms. The van der Waals surface area contributed by atoms with Crippen LogP contribution in [0.4, 0.5) is 0 Å². The molecule has 0 aromatic carbocycles. The van der Waals surface area contributed by atoms with Crippen LogP contribution in [0, 0.1) is 5.92 Å². The maximum atomic E-state index is 5.40. The molecule has 2 aliphatic rings. The van der Waals surface area contributed by atoms with Crippen molar-refractivity contribution in [2.24, 2.45) is 5.92 Å². The van der Waals surface area contributed by atoms with Crippen LogP contribution < -0.4 is 0 Å². The summed E-state index contributed by atoms with van der Waals surface area (Å²) >= 11 is 0. The molecule has 0 unspecified atom stereocenters. The van der Waals surface area contributed by atoms with E-state index >= 15 is 0 Å². The number of rotatable bonds is 4. The van der Waals surface area contributed by atoms with Gasteiger partial charge in [-0.3, -0.25) is 4.90 Å². The van der Waals surface area contributed by atoms with E-state index in [1.807, 2.05) is 7.11 Å². The standard InChI is InChI=1S/C12H23NO2/c1-14-10-12-3-2-6-13(12)9-11-4-7-15-8-5-11/h11-12H,2-10H2,1H3/t12-/m0/s1. The zero-order valence-corrected chi connectivity index (χ0v) is 9.78. The van der Waals surface area contributed by atoms with E-state index in [1.165, 1.54) is 38.8 Å². The molecule has 2 heterocycles. The van der Waals surface area contributed by atoms with Crippen molar-refractivity contribution in [3.63, 3.8) is 0 Å². The number of hydrogen-bond acceptors (Lipinski definition) is 3. The van der Waals surface area contributed by atoms with Gasteiger partial charge in [-0.05, 0) is 38.1 Å². The van der Waals surface area contributed by atoms with Gasteiger partial charge in [-0.25, -0.2) is 0 Å². The fraction of sp³-hybridized carbons (Fsp3) is 1.00. The Morgan fingerprint density at radius 2 is 2.07 bits per heavy atom. The highest BCUT2D eigenvalue weighted by Crippen LogP contribution is 2.23. The van der Waals surface area contributed by atoms with Crippen molar-refractivity contribution in [2.45, 2.75) is 31.7 Å². The molecule has 3 nitrogen and oxygen atoms in total. The van der Waals surface area contributed by atoms with E-state index in [-0.39, 0.29) is 0 Å². The van der Waals surface area contributed by atoms with Crippen LogP contribution in [0.3, 0.4) is 0 Å². The third-order valence-electron chi connectivity index (χ3n) is 3.69. The van der Waals surface area contributed by atoms with Crippen LogP contribution in [0.25, 0.3) is 0 Å². The average Bonchev–Trinajstić information content (AvgIpc) is 2.68. The fourth-order valence-corrected chi connectivity index (χ4v) is 2.78. The average molecular weight is 213 g/mol. The lowest BCUT2D eigenvalue weighted by molar-refractivity contribution is 0.0423. The lowest BCUT2D eigenvalue weighted by Gasteiger charge is -2.30. The van der Waals surface area contributed by atoms with E-state index in [9.17, 15) is 0 Å². The van der Waals surface area contributed by atoms with Gasteiger partial charge in [0.05, 0.1) is 6.61 Å². The number of ether oxygens (including phenoxy) is 2. The molecule has 0 aromatic rings. The van der Waals surface area contributed by atoms with Gasteiger partial charge in [0.15, 0.2) is 0 Å². The van der Waals surface area contributed by atoms with Crippen LogP contribution in [-0.4, -0.2) is 51.0 Å². The predicted octanol–water partition coefficient (Wildman–Crippen LogP) is 1.52. The minimum absolute atomic E-state index is 0.679. The predicted molar refractivity (Wildman–Crippen MR) is 60.0 cm³/mol. The number of likely N-dealkylation sites (tertiary alicyclic amines) is 1. The molecule has 0 radical (unpaired) electrons. The highest BCUT2D eigenvalue weighted by Gasteiger charge is 2.27. The van der Waals surface area contributed by atoms with Gasteiger partial charge < -0.3 is 9.47 Å². The molecule has 0 amide bonds. The molecule has 2 rings (SSSR count). The van der Waals surface area contributed by atoms with Crippen molar-refractivity contribution < 1.29 is 9.47 Å². The molecular weight excluding hydrogens is 190 g/mol. The minimum Gasteiger partial charge on any atom is -0.383 e. The number of hydrogen-bond donors (Lipinski definition) is 0. The molecule has 0 spiro atoms. The van der Waals surface area contributed by atoms with Crippen LogP contribution >= 0.6 is 0 Å². The maximum absolute atomic E-state index is 5.40. The van der Waals surface area contributed by atoms with Gasteiger partial charge in [0, 0.05) is 32.9 Å². The van der Waals surface area contributed by atoms with Crippen molar-refractivity contribution in [3.8, 4) is 0 Å². The first kappa shape index (κ1) is 11.4. The van der Waals surface area contributed by atoms with Crippen molar-refractivity contribution in [2.75, 3.05) is 40.0 Å². The lowest BCUT2D eigenvalue weighted by Crippen LogP contribution is -2.38. The molecule has 1 atom stereocenters. The van der Waals surface area contributed by atoms with E-state index in [1.54, 1.807) is 0 Å². The van der Waals surface area contributed by atoms with Crippen LogP contribution in [0.5, 0.6) is 0 Å². The third kappa shape index (κ3) is 3.16. The Morgan fingerprint density at radius 3 is 2.80 bits per heavy atom. The van der Waals surface area contributed by atoms with Gasteiger partial charge in [-0.1, -0.05) is 0 Å². The molecule has 0 aliphatic carbocycles. The highest BCUT2D eigenvalue weighted by molar-refractivity contribution is 4.81. The third-order valence-corrected chi connectivity index (χ3v) is 3.69. The summed E-state index contributed by atoms with van der Waals surface area (Å²) in [6, 6.07) is 0.679. The van der Waals surface area contributed by atoms with Gasteiger partial charge in [-0.15, -0.1) is 0 Å². The Kier molecular flexibility index (Phi) is 4.42. The summed E-state index contributed by atoms with van der Waals surface area (Å²) in [5, 5.41) is 0. The second kappa shape index (κ2) is 5.83. The summed E-state index contributed by atoms with van der Waals surface area (Å²) in [6.45, 7) is 5.37. The van der Waals surface area contributed by atoms with Crippen molar-refractivity contribution in [3.05, 3.63) is 0 Å². The summed E-state index contributed by atoms with van der Waals surface area (Å²) in [5.41, 5.74) is 0. The first-order chi connectivity index (χ1) is 7.40. The zero-order chi connectivity index (χ0) is 10.5. The lowest BCUT2D eigenvalue weighted by atomic mass is 9.99. The van der Waals surface area contributed by atoms with Crippen LogP contribution in [0.2, 0.25) is 0 Å². The number of nitrogens with zero attached hydrogens (tertiary/aromatic N) is 1. The largest absolute Gasteiger partial charge is 0.383 e. The number of methoxy groups -OCH3 is 1. The normalized spacial score (nSPS) is 29.8. The summed E-state index contributed by atoms with van der Waals surface area (Å²) < 4.78 is 10.7. The van der Waals surface area contributed by atoms with E-state index < -0.39 is 0 Å². The van der Waals surface area contributed by atoms with E-state index in [0.29, 0.717) is 6.04 Å². The molecule has 15 heavy (non-hydrogen) atoms. The van der Waals surface area contributed by atoms with E-state index in [2.05, 4.69) is 4.90 Å². The topological polar surface area (TPSA) is 21.7 Å². The molecular formula is C12H23NO2. The Bertz CT molecular complexity index is 180. The van der Waals surface area contributed by atoms with Crippen LogP contribution in [-0.2, 0) is 9.47 Å². The van der Waals surface area contributed by atoms with Gasteiger partial charge in [0.1, 0.15) is 0 Å². The van der Waals surface area contributed by atoms with Gasteiger partial charge in [0.2, 0.25) is 0 Å². The Labute approximate surface area is 92.7 Å². The van der Waals surface area contributed by atoms with Crippen LogP contribution in [0.1, 0.15) is 25.7 Å². The summed E-state index contributed by atoms with van der Waals surface area (Å²) in [6.07, 6.45) is 5.15. The molecule has 2 saturated heterocycles. The first-order valence-corrected chi connectivity index (χ1v) is 6.21. The summed E-state index contributed by atoms with van der Waals surface area (Å²) in [5.74, 6) is 0.858. The van der Waals surface area contributed by atoms with Gasteiger partial charge in [0.25, 0.3) is 0 Å². The second-order valence-electron chi connectivity index (χ2n) is 4.80. The monoisotopic (exact) mass is 213 g/mol. The molecule has 0 aromatic heterocycles. The maximum Gasteiger partial charge on any atom is 0.0618 e. The molecule has 0 N–H and O–H groups in total.